The Bertz CT molecular complexity index is 1430. The molecule has 0 radical (unpaired) electrons. The molecule has 242 valence electrons. The number of hydrogen-bond donors (Lipinski definition) is 0. The lowest BCUT2D eigenvalue weighted by Gasteiger charge is -2.50. The van der Waals surface area contributed by atoms with E-state index in [1.165, 1.54) is 12.7 Å². The van der Waals surface area contributed by atoms with Crippen molar-refractivity contribution in [2.75, 3.05) is 13.7 Å². The van der Waals surface area contributed by atoms with Crippen LogP contribution in [0.25, 0.3) is 0 Å². The highest BCUT2D eigenvalue weighted by Gasteiger charge is 2.61. The SMILES string of the molecule is COC(=O)C1=C[C@@]2(C)[C@H](CC[C@H]3[C@@H]4CC[C@@]5(CC(C)=C4C[C@@H]32)O[C@@H]2C[C@H](C)CN(C(=O)OCc3ccccc3)[C@H]2[C@H]5C)CC1=O. The van der Waals surface area contributed by atoms with Crippen LogP contribution < -0.4 is 0 Å². The Morgan fingerprint density at radius 3 is 2.62 bits per heavy atom. The van der Waals surface area contributed by atoms with Gasteiger partial charge in [0.05, 0.1) is 30.4 Å². The molecule has 7 nitrogen and oxygen atoms in total. The molecule has 1 amide bonds. The molecule has 7 heteroatoms. The van der Waals surface area contributed by atoms with Crippen molar-refractivity contribution >= 4 is 17.8 Å². The van der Waals surface area contributed by atoms with Gasteiger partial charge in [-0.25, -0.2) is 9.59 Å². The molecule has 0 bridgehead atoms. The number of fused-ring (bicyclic) bond motifs is 6. The number of nitrogens with zero attached hydrogens (tertiary/aromatic N) is 1. The van der Waals surface area contributed by atoms with Gasteiger partial charge >= 0.3 is 12.1 Å². The van der Waals surface area contributed by atoms with Gasteiger partial charge in [-0.1, -0.05) is 68.3 Å². The molecule has 0 N–H and O–H groups in total. The zero-order valence-corrected chi connectivity index (χ0v) is 27.6. The number of ketones is 1. The number of carbonyl (C=O) groups excluding carboxylic acids is 3. The minimum absolute atomic E-state index is 0.0176. The summed E-state index contributed by atoms with van der Waals surface area (Å²) in [5.74, 6) is 1.75. The number of allylic oxidation sites excluding steroid dienone is 2. The van der Waals surface area contributed by atoms with E-state index in [1.54, 1.807) is 5.57 Å². The standard InChI is InChI=1S/C38H49NO6/c1-22-15-33-34(39(20-22)36(42)44-21-25-9-7-6-8-10-25)24(3)38(45-33)14-13-27-28-12-11-26-16-32(40)30(35(41)43-5)19-37(26,4)31(28)17-29(27)23(2)18-38/h6-10,19,22,24,26-28,31,33-34H,11-18,20-21H2,1-5H3/t22-,24+,26+,27-,28-,31-,33+,34-,37-,38-/m0/s1. The van der Waals surface area contributed by atoms with Crippen LogP contribution in [0.4, 0.5) is 4.79 Å². The van der Waals surface area contributed by atoms with E-state index in [0.717, 1.165) is 50.5 Å². The number of ether oxygens (including phenoxy) is 3. The number of Topliss-reactive ketones (excluding diaryl/α,β-unsaturated/α-hetero) is 1. The number of methoxy groups -OCH3 is 1. The smallest absolute Gasteiger partial charge is 0.410 e. The minimum Gasteiger partial charge on any atom is -0.465 e. The average molecular weight is 616 g/mol. The van der Waals surface area contributed by atoms with Crippen molar-refractivity contribution in [3.63, 3.8) is 0 Å². The van der Waals surface area contributed by atoms with E-state index in [4.69, 9.17) is 14.2 Å². The monoisotopic (exact) mass is 615 g/mol. The Hall–Kier alpha value is -2.93. The van der Waals surface area contributed by atoms with E-state index in [0.29, 0.717) is 36.6 Å². The van der Waals surface area contributed by atoms with Crippen molar-refractivity contribution in [3.8, 4) is 0 Å². The number of rotatable bonds is 3. The molecule has 0 unspecified atom stereocenters. The van der Waals surface area contributed by atoms with Crippen molar-refractivity contribution in [1.29, 1.82) is 0 Å². The van der Waals surface area contributed by atoms with Gasteiger partial charge in [-0.3, -0.25) is 4.79 Å². The third-order valence-electron chi connectivity index (χ3n) is 13.1. The van der Waals surface area contributed by atoms with Crippen LogP contribution in [0.2, 0.25) is 0 Å². The zero-order valence-electron chi connectivity index (χ0n) is 27.6. The van der Waals surface area contributed by atoms with Gasteiger partial charge in [0.2, 0.25) is 0 Å². The maximum absolute atomic E-state index is 13.6. The second-order valence-corrected chi connectivity index (χ2v) is 15.5. The number of esters is 1. The normalized spacial score (nSPS) is 40.6. The Kier molecular flexibility index (Phi) is 7.78. The third kappa shape index (κ3) is 4.99. The van der Waals surface area contributed by atoms with Crippen LogP contribution in [0.15, 0.2) is 53.1 Å². The number of hydrogen-bond acceptors (Lipinski definition) is 6. The molecule has 1 spiro atoms. The molecule has 45 heavy (non-hydrogen) atoms. The van der Waals surface area contributed by atoms with E-state index in [-0.39, 0.29) is 59.1 Å². The summed E-state index contributed by atoms with van der Waals surface area (Å²) in [6, 6.07) is 9.91. The molecule has 1 aromatic carbocycles. The van der Waals surface area contributed by atoms with E-state index in [2.05, 4.69) is 27.7 Å². The molecular weight excluding hydrogens is 566 g/mol. The van der Waals surface area contributed by atoms with Gasteiger partial charge in [-0.15, -0.1) is 0 Å². The molecule has 4 aliphatic carbocycles. The molecule has 1 aromatic rings. The first kappa shape index (κ1) is 30.7. The lowest BCUT2D eigenvalue weighted by atomic mass is 9.53. The van der Waals surface area contributed by atoms with Crippen molar-refractivity contribution in [1.82, 2.24) is 4.90 Å². The fourth-order valence-corrected chi connectivity index (χ4v) is 10.8. The van der Waals surface area contributed by atoms with Crippen LogP contribution in [-0.4, -0.2) is 54.1 Å². The van der Waals surface area contributed by atoms with E-state index < -0.39 is 5.97 Å². The van der Waals surface area contributed by atoms with Gasteiger partial charge < -0.3 is 19.1 Å². The predicted octanol–water partition coefficient (Wildman–Crippen LogP) is 7.05. The molecule has 4 fully saturated rings. The number of amides is 1. The van der Waals surface area contributed by atoms with Crippen molar-refractivity contribution < 1.29 is 28.6 Å². The van der Waals surface area contributed by atoms with Crippen LogP contribution in [-0.2, 0) is 30.4 Å². The third-order valence-corrected chi connectivity index (χ3v) is 13.1. The first-order chi connectivity index (χ1) is 21.5. The van der Waals surface area contributed by atoms with Crippen LogP contribution >= 0.6 is 0 Å². The van der Waals surface area contributed by atoms with Crippen LogP contribution in [0, 0.1) is 40.9 Å². The summed E-state index contributed by atoms with van der Waals surface area (Å²) < 4.78 is 18.0. The summed E-state index contributed by atoms with van der Waals surface area (Å²) in [4.78, 5) is 41.0. The maximum Gasteiger partial charge on any atom is 0.410 e. The predicted molar refractivity (Wildman–Crippen MR) is 170 cm³/mol. The van der Waals surface area contributed by atoms with Crippen LogP contribution in [0.5, 0.6) is 0 Å². The Labute approximate surface area is 267 Å². The van der Waals surface area contributed by atoms with Crippen LogP contribution in [0.3, 0.4) is 0 Å². The van der Waals surface area contributed by atoms with E-state index in [9.17, 15) is 14.4 Å². The van der Waals surface area contributed by atoms with Gasteiger partial charge in [0.25, 0.3) is 0 Å². The lowest BCUT2D eigenvalue weighted by Crippen LogP contribution is -2.54. The van der Waals surface area contributed by atoms with E-state index in [1.807, 2.05) is 41.3 Å². The molecule has 2 aliphatic heterocycles. The average Bonchev–Trinajstić information content (AvgIpc) is 3.49. The van der Waals surface area contributed by atoms with Crippen molar-refractivity contribution in [2.45, 2.75) is 103 Å². The summed E-state index contributed by atoms with van der Waals surface area (Å²) in [6.45, 7) is 10.1. The summed E-state index contributed by atoms with van der Waals surface area (Å²) in [5.41, 5.74) is 3.82. The first-order valence-corrected chi connectivity index (χ1v) is 17.2. The van der Waals surface area contributed by atoms with Crippen LogP contribution in [0.1, 0.15) is 84.6 Å². The Balaban J connectivity index is 1.13. The van der Waals surface area contributed by atoms with Crippen molar-refractivity contribution in [2.24, 2.45) is 40.9 Å². The minimum atomic E-state index is -0.493. The Morgan fingerprint density at radius 1 is 1.09 bits per heavy atom. The molecule has 0 aromatic heterocycles. The number of likely N-dealkylation sites (tertiary alicyclic amines) is 1. The van der Waals surface area contributed by atoms with Gasteiger partial charge in [0.15, 0.2) is 5.78 Å². The number of piperidine rings is 1. The summed E-state index contributed by atoms with van der Waals surface area (Å²) in [5, 5.41) is 0. The second-order valence-electron chi connectivity index (χ2n) is 15.5. The second kappa shape index (κ2) is 11.4. The number of benzene rings is 1. The van der Waals surface area contributed by atoms with Gasteiger partial charge in [-0.05, 0) is 92.4 Å². The summed E-state index contributed by atoms with van der Waals surface area (Å²) >= 11 is 0. The highest BCUT2D eigenvalue weighted by atomic mass is 16.6. The summed E-state index contributed by atoms with van der Waals surface area (Å²) in [6.07, 6.45) is 9.37. The molecular formula is C38H49NO6. The lowest BCUT2D eigenvalue weighted by molar-refractivity contribution is -0.139. The molecule has 2 heterocycles. The fraction of sp³-hybridized carbons (Fsp3) is 0.658. The molecule has 2 saturated carbocycles. The van der Waals surface area contributed by atoms with Gasteiger partial charge in [0.1, 0.15) is 6.61 Å². The highest BCUT2D eigenvalue weighted by molar-refractivity contribution is 6.18. The zero-order chi connectivity index (χ0) is 31.7. The Morgan fingerprint density at radius 2 is 1.87 bits per heavy atom. The van der Waals surface area contributed by atoms with Gasteiger partial charge in [-0.2, -0.15) is 0 Å². The van der Waals surface area contributed by atoms with Crippen molar-refractivity contribution in [3.05, 3.63) is 58.7 Å². The molecule has 10 atom stereocenters. The largest absolute Gasteiger partial charge is 0.465 e. The first-order valence-electron chi connectivity index (χ1n) is 17.2. The fourth-order valence-electron chi connectivity index (χ4n) is 10.8. The quantitative estimate of drug-likeness (QED) is 0.206. The highest BCUT2D eigenvalue weighted by Crippen LogP contribution is 2.64. The molecule has 7 rings (SSSR count). The van der Waals surface area contributed by atoms with E-state index >= 15 is 0 Å². The maximum atomic E-state index is 13.6. The van der Waals surface area contributed by atoms with Gasteiger partial charge in [0, 0.05) is 18.9 Å². The molecule has 2 saturated heterocycles. The number of carbonyl (C=O) groups is 3. The summed E-state index contributed by atoms with van der Waals surface area (Å²) in [7, 11) is 1.36. The topological polar surface area (TPSA) is 82.1 Å². The molecule has 6 aliphatic rings.